The van der Waals surface area contributed by atoms with Crippen molar-refractivity contribution < 1.29 is 14.3 Å². The number of hydrogen-bond donors (Lipinski definition) is 0. The van der Waals surface area contributed by atoms with Crippen molar-refractivity contribution in [2.24, 2.45) is 17.3 Å². The summed E-state index contributed by atoms with van der Waals surface area (Å²) in [6.45, 7) is 8.56. The van der Waals surface area contributed by atoms with E-state index in [-0.39, 0.29) is 29.0 Å². The smallest absolute Gasteiger partial charge is 0.309 e. The van der Waals surface area contributed by atoms with Crippen molar-refractivity contribution in [2.75, 3.05) is 6.61 Å². The molecule has 0 amide bonds. The standard InChI is InChI=1S/C13H22O3/c1-5-16-12(15)10-8-9(14)6-7-11(10)13(2,3)4/h10-11H,5-8H2,1-4H3. The molecule has 1 aliphatic rings. The van der Waals surface area contributed by atoms with Gasteiger partial charge in [0, 0.05) is 12.8 Å². The predicted molar refractivity (Wildman–Crippen MR) is 61.9 cm³/mol. The monoisotopic (exact) mass is 226 g/mol. The van der Waals surface area contributed by atoms with Crippen LogP contribution in [-0.2, 0) is 14.3 Å². The van der Waals surface area contributed by atoms with Gasteiger partial charge >= 0.3 is 5.97 Å². The van der Waals surface area contributed by atoms with Crippen LogP contribution >= 0.6 is 0 Å². The second kappa shape index (κ2) is 4.98. The second-order valence-electron chi connectivity index (χ2n) is 5.61. The second-order valence-corrected chi connectivity index (χ2v) is 5.61. The first-order chi connectivity index (χ1) is 7.36. The highest BCUT2D eigenvalue weighted by Crippen LogP contribution is 2.41. The largest absolute Gasteiger partial charge is 0.466 e. The molecule has 1 fully saturated rings. The van der Waals surface area contributed by atoms with Crippen LogP contribution in [-0.4, -0.2) is 18.4 Å². The maximum atomic E-state index is 11.8. The summed E-state index contributed by atoms with van der Waals surface area (Å²) in [4.78, 5) is 23.3. The summed E-state index contributed by atoms with van der Waals surface area (Å²) in [6.07, 6.45) is 1.78. The highest BCUT2D eigenvalue weighted by molar-refractivity contribution is 5.86. The van der Waals surface area contributed by atoms with Gasteiger partial charge in [0.1, 0.15) is 5.78 Å². The number of carbonyl (C=O) groups excluding carboxylic acids is 2. The van der Waals surface area contributed by atoms with Gasteiger partial charge in [0.25, 0.3) is 0 Å². The van der Waals surface area contributed by atoms with Gasteiger partial charge < -0.3 is 4.74 Å². The lowest BCUT2D eigenvalue weighted by molar-refractivity contribution is -0.155. The van der Waals surface area contributed by atoms with Crippen LogP contribution in [0.4, 0.5) is 0 Å². The van der Waals surface area contributed by atoms with Gasteiger partial charge in [0.15, 0.2) is 0 Å². The number of ketones is 1. The number of ether oxygens (including phenoxy) is 1. The quantitative estimate of drug-likeness (QED) is 0.680. The third-order valence-electron chi connectivity index (χ3n) is 3.37. The summed E-state index contributed by atoms with van der Waals surface area (Å²) in [5, 5.41) is 0. The van der Waals surface area contributed by atoms with E-state index in [9.17, 15) is 9.59 Å². The third-order valence-corrected chi connectivity index (χ3v) is 3.37. The van der Waals surface area contributed by atoms with Crippen LogP contribution in [0.25, 0.3) is 0 Å². The molecule has 1 rings (SSSR count). The van der Waals surface area contributed by atoms with Crippen molar-refractivity contribution in [1.82, 2.24) is 0 Å². The van der Waals surface area contributed by atoms with Gasteiger partial charge in [-0.15, -0.1) is 0 Å². The minimum absolute atomic E-state index is 0.0537. The lowest BCUT2D eigenvalue weighted by atomic mass is 9.66. The Morgan fingerprint density at radius 3 is 2.56 bits per heavy atom. The van der Waals surface area contributed by atoms with Crippen LogP contribution < -0.4 is 0 Å². The first kappa shape index (κ1) is 13.2. The number of carbonyl (C=O) groups is 2. The van der Waals surface area contributed by atoms with E-state index in [0.29, 0.717) is 19.4 Å². The molecule has 2 unspecified atom stereocenters. The lowest BCUT2D eigenvalue weighted by Gasteiger charge is -2.38. The van der Waals surface area contributed by atoms with E-state index >= 15 is 0 Å². The zero-order valence-electron chi connectivity index (χ0n) is 10.7. The molecule has 0 bridgehead atoms. The van der Waals surface area contributed by atoms with Crippen molar-refractivity contribution in [3.8, 4) is 0 Å². The van der Waals surface area contributed by atoms with Gasteiger partial charge in [-0.3, -0.25) is 9.59 Å². The molecule has 1 saturated carbocycles. The number of Topliss-reactive ketones (excluding diaryl/α,β-unsaturated/α-hetero) is 1. The van der Waals surface area contributed by atoms with E-state index in [1.807, 2.05) is 0 Å². The molecule has 3 heteroatoms. The molecule has 2 atom stereocenters. The molecule has 92 valence electrons. The minimum atomic E-state index is -0.235. The van der Waals surface area contributed by atoms with Gasteiger partial charge in [0.05, 0.1) is 12.5 Å². The summed E-state index contributed by atoms with van der Waals surface area (Å²) in [5.74, 6) is 0.0134. The SMILES string of the molecule is CCOC(=O)C1CC(=O)CCC1C(C)(C)C. The predicted octanol–water partition coefficient (Wildman–Crippen LogP) is 2.58. The zero-order valence-corrected chi connectivity index (χ0v) is 10.7. The molecule has 3 nitrogen and oxygen atoms in total. The topological polar surface area (TPSA) is 43.4 Å². The molecule has 0 radical (unpaired) electrons. The van der Waals surface area contributed by atoms with Crippen molar-refractivity contribution in [3.63, 3.8) is 0 Å². The maximum absolute atomic E-state index is 11.8. The van der Waals surface area contributed by atoms with Crippen molar-refractivity contribution in [1.29, 1.82) is 0 Å². The molecule has 0 aromatic carbocycles. The normalized spacial score (nSPS) is 26.6. The Labute approximate surface area is 97.5 Å². The summed E-state index contributed by atoms with van der Waals surface area (Å²) < 4.78 is 5.06. The zero-order chi connectivity index (χ0) is 12.3. The van der Waals surface area contributed by atoms with Gasteiger partial charge in [-0.2, -0.15) is 0 Å². The van der Waals surface area contributed by atoms with Crippen molar-refractivity contribution >= 4 is 11.8 Å². The molecule has 0 spiro atoms. The molecule has 0 aliphatic heterocycles. The minimum Gasteiger partial charge on any atom is -0.466 e. The van der Waals surface area contributed by atoms with Crippen LogP contribution in [0.5, 0.6) is 0 Å². The molecule has 0 aromatic rings. The average molecular weight is 226 g/mol. The van der Waals surface area contributed by atoms with Gasteiger partial charge in [0.2, 0.25) is 0 Å². The van der Waals surface area contributed by atoms with Crippen LogP contribution in [0.2, 0.25) is 0 Å². The molecule has 1 aliphatic carbocycles. The van der Waals surface area contributed by atoms with E-state index in [2.05, 4.69) is 20.8 Å². The first-order valence-corrected chi connectivity index (χ1v) is 6.04. The molecule has 0 aromatic heterocycles. The third kappa shape index (κ3) is 3.06. The van der Waals surface area contributed by atoms with Gasteiger partial charge in [-0.25, -0.2) is 0 Å². The summed E-state index contributed by atoms with van der Waals surface area (Å²) in [6, 6.07) is 0. The number of rotatable bonds is 2. The van der Waals surface area contributed by atoms with Crippen molar-refractivity contribution in [3.05, 3.63) is 0 Å². The molecule has 0 saturated heterocycles. The van der Waals surface area contributed by atoms with E-state index in [1.165, 1.54) is 0 Å². The van der Waals surface area contributed by atoms with E-state index in [1.54, 1.807) is 6.92 Å². The van der Waals surface area contributed by atoms with Gasteiger partial charge in [-0.1, -0.05) is 20.8 Å². The summed E-state index contributed by atoms with van der Waals surface area (Å²) in [5.41, 5.74) is 0.0537. The van der Waals surface area contributed by atoms with Crippen LogP contribution in [0.3, 0.4) is 0 Å². The van der Waals surface area contributed by atoms with Crippen LogP contribution in [0.1, 0.15) is 47.0 Å². The molecule has 16 heavy (non-hydrogen) atoms. The summed E-state index contributed by atoms with van der Waals surface area (Å²) >= 11 is 0. The van der Waals surface area contributed by atoms with Crippen molar-refractivity contribution in [2.45, 2.75) is 47.0 Å². The summed E-state index contributed by atoms with van der Waals surface area (Å²) in [7, 11) is 0. The molecule has 0 heterocycles. The van der Waals surface area contributed by atoms with Crippen LogP contribution in [0.15, 0.2) is 0 Å². The fourth-order valence-electron chi connectivity index (χ4n) is 2.54. The molecular weight excluding hydrogens is 204 g/mol. The highest BCUT2D eigenvalue weighted by atomic mass is 16.5. The fourth-order valence-corrected chi connectivity index (χ4v) is 2.54. The Hall–Kier alpha value is -0.860. The highest BCUT2D eigenvalue weighted by Gasteiger charge is 2.41. The Balaban J connectivity index is 2.81. The first-order valence-electron chi connectivity index (χ1n) is 6.04. The van der Waals surface area contributed by atoms with E-state index in [4.69, 9.17) is 4.74 Å². The number of hydrogen-bond acceptors (Lipinski definition) is 3. The Morgan fingerprint density at radius 2 is 2.06 bits per heavy atom. The maximum Gasteiger partial charge on any atom is 0.309 e. The Kier molecular flexibility index (Phi) is 4.11. The van der Waals surface area contributed by atoms with Gasteiger partial charge in [-0.05, 0) is 24.7 Å². The Morgan fingerprint density at radius 1 is 1.44 bits per heavy atom. The average Bonchev–Trinajstić information content (AvgIpc) is 2.16. The lowest BCUT2D eigenvalue weighted by Crippen LogP contribution is -2.39. The van der Waals surface area contributed by atoms with Crippen LogP contribution in [0, 0.1) is 17.3 Å². The molecular formula is C13H22O3. The van der Waals surface area contributed by atoms with E-state index < -0.39 is 0 Å². The van der Waals surface area contributed by atoms with E-state index in [0.717, 1.165) is 6.42 Å². The Bertz CT molecular complexity index is 275. The fraction of sp³-hybridized carbons (Fsp3) is 0.846. The number of esters is 1. The molecule has 0 N–H and O–H groups in total.